The Balaban J connectivity index is 1.82. The number of carbonyl (C=O) groups is 2. The molecule has 0 radical (unpaired) electrons. The van der Waals surface area contributed by atoms with Gasteiger partial charge in [-0.15, -0.1) is 0 Å². The van der Waals surface area contributed by atoms with E-state index in [1.807, 2.05) is 6.92 Å². The minimum absolute atomic E-state index is 0.105. The zero-order valence-corrected chi connectivity index (χ0v) is 18.5. The highest BCUT2D eigenvalue weighted by molar-refractivity contribution is 7.86. The van der Waals surface area contributed by atoms with Crippen molar-refractivity contribution in [2.75, 3.05) is 12.9 Å². The van der Waals surface area contributed by atoms with Crippen LogP contribution in [0.3, 0.4) is 0 Å². The van der Waals surface area contributed by atoms with Crippen molar-refractivity contribution in [2.24, 2.45) is 23.2 Å². The van der Waals surface area contributed by atoms with Crippen LogP contribution in [0.25, 0.3) is 0 Å². The molecule has 0 N–H and O–H groups in total. The van der Waals surface area contributed by atoms with Gasteiger partial charge in [0.2, 0.25) is 6.10 Å². The molecule has 4 aliphatic rings. The minimum atomic E-state index is -5.06. The Labute approximate surface area is 179 Å². The first kappa shape index (κ1) is 24.0. The van der Waals surface area contributed by atoms with Crippen molar-refractivity contribution in [3.63, 3.8) is 0 Å². The van der Waals surface area contributed by atoms with Crippen molar-refractivity contribution >= 4 is 22.1 Å². The third-order valence-electron chi connectivity index (χ3n) is 7.13. The van der Waals surface area contributed by atoms with Crippen molar-refractivity contribution in [3.8, 4) is 0 Å². The van der Waals surface area contributed by atoms with E-state index in [9.17, 15) is 31.2 Å². The van der Waals surface area contributed by atoms with Crippen LogP contribution in [-0.4, -0.2) is 51.1 Å². The van der Waals surface area contributed by atoms with Crippen molar-refractivity contribution < 1.29 is 44.8 Å². The number of hydrogen-bond acceptors (Lipinski definition) is 7. The highest BCUT2D eigenvalue weighted by Gasteiger charge is 2.65. The number of hydrogen-bond donors (Lipinski definition) is 0. The summed E-state index contributed by atoms with van der Waals surface area (Å²) in [6.07, 6.45) is -5.65. The summed E-state index contributed by atoms with van der Waals surface area (Å²) < 4.78 is 77.9. The lowest BCUT2D eigenvalue weighted by molar-refractivity contribution is -0.241. The fourth-order valence-corrected chi connectivity index (χ4v) is 6.36. The zero-order valence-electron chi connectivity index (χ0n) is 17.7. The van der Waals surface area contributed by atoms with Crippen molar-refractivity contribution in [1.29, 1.82) is 0 Å². The molecule has 0 aromatic rings. The quantitative estimate of drug-likeness (QED) is 0.322. The van der Waals surface area contributed by atoms with E-state index in [1.54, 1.807) is 0 Å². The van der Waals surface area contributed by atoms with E-state index < -0.39 is 51.1 Å². The maximum atomic E-state index is 13.4. The summed E-state index contributed by atoms with van der Waals surface area (Å²) in [4.78, 5) is 25.2. The van der Waals surface area contributed by atoms with Gasteiger partial charge in [-0.2, -0.15) is 21.6 Å². The molecule has 4 rings (SSSR count). The summed E-state index contributed by atoms with van der Waals surface area (Å²) in [6.45, 7) is 6.93. The van der Waals surface area contributed by atoms with E-state index in [-0.39, 0.29) is 36.2 Å². The topological polar surface area (TPSA) is 96.0 Å². The van der Waals surface area contributed by atoms with Crippen molar-refractivity contribution in [2.45, 2.75) is 63.8 Å². The van der Waals surface area contributed by atoms with Crippen LogP contribution in [0, 0.1) is 23.2 Å². The standard InChI is InChI=1S/C20H27F3O7S/c1-11(2)16(24)30-18(3)13-5-12-6-14(18)9-19(7-12,8-13)17(25)29-15(20(21,22)23)10-31(26,27)28-4/h12-15H,1,5-10H2,2-4H3. The van der Waals surface area contributed by atoms with E-state index >= 15 is 0 Å². The summed E-state index contributed by atoms with van der Waals surface area (Å²) >= 11 is 0. The summed E-state index contributed by atoms with van der Waals surface area (Å²) in [5, 5.41) is 0. The number of rotatable bonds is 7. The number of halogens is 3. The third-order valence-corrected chi connectivity index (χ3v) is 8.35. The Morgan fingerprint density at radius 2 is 1.71 bits per heavy atom. The smallest absolute Gasteiger partial charge is 0.426 e. The SMILES string of the molecule is C=C(C)C(=O)OC1(C)C2CC3CC1CC(C(=O)OC(CS(=O)(=O)OC)C(F)(F)F)(C3)C2. The van der Waals surface area contributed by atoms with Crippen LogP contribution < -0.4 is 0 Å². The molecular weight excluding hydrogens is 441 g/mol. The van der Waals surface area contributed by atoms with Gasteiger partial charge in [0, 0.05) is 17.4 Å². The summed E-state index contributed by atoms with van der Waals surface area (Å²) in [6, 6.07) is 0. The van der Waals surface area contributed by atoms with E-state index in [2.05, 4.69) is 10.8 Å². The van der Waals surface area contributed by atoms with Crippen LogP contribution in [0.15, 0.2) is 12.2 Å². The van der Waals surface area contributed by atoms with Crippen LogP contribution in [0.2, 0.25) is 0 Å². The molecule has 0 aliphatic heterocycles. The van der Waals surface area contributed by atoms with Gasteiger partial charge in [-0.25, -0.2) is 4.79 Å². The van der Waals surface area contributed by atoms with Crippen LogP contribution in [0.1, 0.15) is 46.0 Å². The predicted molar refractivity (Wildman–Crippen MR) is 102 cm³/mol. The number of ether oxygens (including phenoxy) is 2. The van der Waals surface area contributed by atoms with Gasteiger partial charge in [-0.3, -0.25) is 8.98 Å². The average Bonchev–Trinajstić information content (AvgIpc) is 2.64. The lowest BCUT2D eigenvalue weighted by Gasteiger charge is -2.62. The Bertz CT molecular complexity index is 864. The third kappa shape index (κ3) is 4.48. The molecule has 31 heavy (non-hydrogen) atoms. The van der Waals surface area contributed by atoms with Crippen molar-refractivity contribution in [1.82, 2.24) is 0 Å². The van der Waals surface area contributed by atoms with E-state index in [0.717, 1.165) is 7.11 Å². The second-order valence-electron chi connectivity index (χ2n) is 9.30. The monoisotopic (exact) mass is 468 g/mol. The van der Waals surface area contributed by atoms with Gasteiger partial charge in [0.05, 0.1) is 12.5 Å². The Hall–Kier alpha value is -1.62. The number of alkyl halides is 3. The first-order chi connectivity index (χ1) is 14.1. The van der Waals surface area contributed by atoms with E-state index in [4.69, 9.17) is 9.47 Å². The van der Waals surface area contributed by atoms with Gasteiger partial charge in [0.25, 0.3) is 10.1 Å². The van der Waals surface area contributed by atoms with Crippen LogP contribution in [-0.2, 0) is 33.4 Å². The van der Waals surface area contributed by atoms with Crippen molar-refractivity contribution in [3.05, 3.63) is 12.2 Å². The molecule has 0 saturated heterocycles. The second-order valence-corrected chi connectivity index (χ2v) is 11.1. The Morgan fingerprint density at radius 3 is 2.16 bits per heavy atom. The molecule has 7 nitrogen and oxygen atoms in total. The lowest BCUT2D eigenvalue weighted by Crippen LogP contribution is -2.63. The molecule has 3 unspecified atom stereocenters. The minimum Gasteiger partial charge on any atom is -0.455 e. The van der Waals surface area contributed by atoms with Crippen LogP contribution in [0.4, 0.5) is 13.2 Å². The summed E-state index contributed by atoms with van der Waals surface area (Å²) in [7, 11) is -3.76. The Morgan fingerprint density at radius 1 is 1.16 bits per heavy atom. The first-order valence-electron chi connectivity index (χ1n) is 10.1. The van der Waals surface area contributed by atoms with Gasteiger partial charge in [0.15, 0.2) is 0 Å². The normalized spacial score (nSPS) is 35.5. The van der Waals surface area contributed by atoms with Gasteiger partial charge >= 0.3 is 18.1 Å². The molecule has 176 valence electrons. The molecule has 4 aliphatic carbocycles. The maximum absolute atomic E-state index is 13.4. The Kier molecular flexibility index (Phi) is 6.01. The molecule has 0 aromatic carbocycles. The molecule has 4 bridgehead atoms. The first-order valence-corrected chi connectivity index (χ1v) is 11.6. The molecular formula is C20H27F3O7S. The van der Waals surface area contributed by atoms with Gasteiger partial charge < -0.3 is 9.47 Å². The summed E-state index contributed by atoms with van der Waals surface area (Å²) in [5.74, 6) is -3.39. The number of esters is 2. The molecule has 4 saturated carbocycles. The van der Waals surface area contributed by atoms with Gasteiger partial charge in [-0.05, 0) is 51.9 Å². The highest BCUT2D eigenvalue weighted by atomic mass is 32.2. The van der Waals surface area contributed by atoms with Gasteiger partial charge in [-0.1, -0.05) is 6.58 Å². The largest absolute Gasteiger partial charge is 0.455 e. The lowest BCUT2D eigenvalue weighted by atomic mass is 9.45. The van der Waals surface area contributed by atoms with Crippen LogP contribution >= 0.6 is 0 Å². The molecule has 4 fully saturated rings. The second kappa shape index (κ2) is 7.75. The molecule has 0 heterocycles. The predicted octanol–water partition coefficient (Wildman–Crippen LogP) is 3.14. The fourth-order valence-electron chi connectivity index (χ4n) is 5.59. The fraction of sp³-hybridized carbons (Fsp3) is 0.800. The highest BCUT2D eigenvalue weighted by Crippen LogP contribution is 2.65. The van der Waals surface area contributed by atoms with Gasteiger partial charge in [0.1, 0.15) is 11.4 Å². The van der Waals surface area contributed by atoms with E-state index in [0.29, 0.717) is 19.3 Å². The van der Waals surface area contributed by atoms with Crippen LogP contribution in [0.5, 0.6) is 0 Å². The maximum Gasteiger partial charge on any atom is 0.426 e. The molecule has 0 spiro atoms. The average molecular weight is 468 g/mol. The zero-order chi connectivity index (χ0) is 23.4. The molecule has 0 amide bonds. The molecule has 3 atom stereocenters. The molecule has 0 aromatic heterocycles. The summed E-state index contributed by atoms with van der Waals surface area (Å²) in [5.41, 5.74) is -1.73. The van der Waals surface area contributed by atoms with E-state index in [1.165, 1.54) is 6.92 Å². The number of carbonyl (C=O) groups excluding carboxylic acids is 2. The molecule has 11 heteroatoms.